The predicted molar refractivity (Wildman–Crippen MR) is 64.9 cm³/mol. The van der Waals surface area contributed by atoms with Crippen LogP contribution in [0.25, 0.3) is 0 Å². The normalized spacial score (nSPS) is 9.12. The molecule has 0 atom stereocenters. The average molecular weight is 283 g/mol. The van der Waals surface area contributed by atoms with Crippen LogP contribution in [0.3, 0.4) is 0 Å². The third-order valence-corrected chi connectivity index (χ3v) is 2.17. The Hall–Kier alpha value is -1.54. The smallest absolute Gasteiger partial charge is 0.263 e. The molecule has 16 heavy (non-hydrogen) atoms. The highest BCUT2D eigenvalue weighted by atomic mass is 79.9. The number of amides is 1. The number of nitrogens with one attached hydrogen (secondary N) is 2. The molecule has 2 N–H and O–H groups in total. The van der Waals surface area contributed by atoms with Gasteiger partial charge >= 0.3 is 0 Å². The molecule has 1 aromatic rings. The Morgan fingerprint density at radius 3 is 3.06 bits per heavy atom. The van der Waals surface area contributed by atoms with Crippen LogP contribution in [0.4, 0.5) is 0 Å². The summed E-state index contributed by atoms with van der Waals surface area (Å²) in [5.74, 6) is 5.49. The zero-order chi connectivity index (χ0) is 12.0. The minimum Gasteiger partial charge on any atom is -0.355 e. The van der Waals surface area contributed by atoms with Gasteiger partial charge in [0.05, 0.1) is 5.56 Å². The Balaban J connectivity index is 2.59. The predicted octanol–water partition coefficient (Wildman–Crippen LogP) is 1.02. The first-order valence-electron chi connectivity index (χ1n) is 4.71. The molecule has 0 aliphatic carbocycles. The molecule has 0 unspecified atom stereocenters. The van der Waals surface area contributed by atoms with Crippen LogP contribution in [-0.4, -0.2) is 17.4 Å². The third-order valence-electron chi connectivity index (χ3n) is 1.72. The van der Waals surface area contributed by atoms with Gasteiger partial charge < -0.3 is 10.3 Å². The molecule has 0 radical (unpaired) electrons. The summed E-state index contributed by atoms with van der Waals surface area (Å²) in [4.78, 5) is 24.4. The van der Waals surface area contributed by atoms with E-state index in [1.54, 1.807) is 12.3 Å². The Morgan fingerprint density at radius 1 is 1.62 bits per heavy atom. The minimum atomic E-state index is -0.213. The van der Waals surface area contributed by atoms with Gasteiger partial charge in [-0.3, -0.25) is 9.59 Å². The van der Waals surface area contributed by atoms with Gasteiger partial charge in [-0.15, -0.1) is 0 Å². The van der Waals surface area contributed by atoms with E-state index in [9.17, 15) is 9.59 Å². The largest absolute Gasteiger partial charge is 0.355 e. The van der Waals surface area contributed by atoms with Crippen LogP contribution in [0.1, 0.15) is 18.9 Å². The molecule has 84 valence electrons. The van der Waals surface area contributed by atoms with Crippen molar-refractivity contribution in [1.29, 1.82) is 0 Å². The molecule has 0 aromatic carbocycles. The van der Waals surface area contributed by atoms with Crippen LogP contribution in [0.2, 0.25) is 0 Å². The molecular formula is C11H11BrN2O2. The lowest BCUT2D eigenvalue weighted by molar-refractivity contribution is -0.118. The highest BCUT2D eigenvalue weighted by Crippen LogP contribution is 2.05. The fraction of sp³-hybridized carbons (Fsp3) is 0.273. The maximum absolute atomic E-state index is 11.3. The molecular weight excluding hydrogens is 272 g/mol. The second kappa shape index (κ2) is 6.13. The Labute approximate surface area is 102 Å². The fourth-order valence-electron chi connectivity index (χ4n) is 1.01. The lowest BCUT2D eigenvalue weighted by Crippen LogP contribution is -2.20. The molecule has 1 rings (SSSR count). The number of hydrogen-bond donors (Lipinski definition) is 2. The maximum Gasteiger partial charge on any atom is 0.263 e. The Morgan fingerprint density at radius 2 is 2.38 bits per heavy atom. The number of carbonyl (C=O) groups excluding carboxylic acids is 1. The fourth-order valence-corrected chi connectivity index (χ4v) is 1.35. The van der Waals surface area contributed by atoms with Crippen LogP contribution < -0.4 is 10.9 Å². The van der Waals surface area contributed by atoms with E-state index in [0.29, 0.717) is 18.5 Å². The topological polar surface area (TPSA) is 62.0 Å². The number of aromatic nitrogens is 1. The van der Waals surface area contributed by atoms with E-state index in [1.807, 2.05) is 0 Å². The summed E-state index contributed by atoms with van der Waals surface area (Å²) in [6.07, 6.45) is 2.08. The molecule has 1 amide bonds. The standard InChI is InChI=1S/C11H11BrN2O2/c1-8(15)13-5-3-2-4-9-6-10(12)7-14-11(9)16/h6-7H,3,5H2,1H3,(H,13,15)(H,14,16). The first kappa shape index (κ1) is 12.5. The molecule has 1 heterocycles. The molecule has 0 saturated carbocycles. The summed E-state index contributed by atoms with van der Waals surface area (Å²) < 4.78 is 0.776. The van der Waals surface area contributed by atoms with E-state index < -0.39 is 0 Å². The van der Waals surface area contributed by atoms with Crippen LogP contribution in [0.5, 0.6) is 0 Å². The first-order chi connectivity index (χ1) is 7.59. The quantitative estimate of drug-likeness (QED) is 0.628. The number of hydrogen-bond acceptors (Lipinski definition) is 2. The van der Waals surface area contributed by atoms with E-state index in [1.165, 1.54) is 6.92 Å². The molecule has 5 heteroatoms. The lowest BCUT2D eigenvalue weighted by Gasteiger charge is -1.94. The zero-order valence-corrected chi connectivity index (χ0v) is 10.3. The first-order valence-corrected chi connectivity index (χ1v) is 5.50. The monoisotopic (exact) mass is 282 g/mol. The summed E-state index contributed by atoms with van der Waals surface area (Å²) in [5, 5.41) is 2.62. The number of halogens is 1. The van der Waals surface area contributed by atoms with Gasteiger partial charge in [0.2, 0.25) is 5.91 Å². The van der Waals surface area contributed by atoms with Gasteiger partial charge in [-0.2, -0.15) is 0 Å². The van der Waals surface area contributed by atoms with Crippen molar-refractivity contribution >= 4 is 21.8 Å². The second-order valence-corrected chi connectivity index (χ2v) is 4.01. The molecule has 4 nitrogen and oxygen atoms in total. The van der Waals surface area contributed by atoms with Crippen LogP contribution in [0, 0.1) is 11.8 Å². The van der Waals surface area contributed by atoms with Crippen molar-refractivity contribution in [3.63, 3.8) is 0 Å². The third kappa shape index (κ3) is 4.32. The van der Waals surface area contributed by atoms with Gasteiger partial charge in [0.1, 0.15) is 0 Å². The number of rotatable bonds is 2. The average Bonchev–Trinajstić information content (AvgIpc) is 2.22. The highest BCUT2D eigenvalue weighted by molar-refractivity contribution is 9.10. The Kier molecular flexibility index (Phi) is 4.80. The Bertz CT molecular complexity index is 497. The van der Waals surface area contributed by atoms with Gasteiger partial charge in [-0.05, 0) is 22.0 Å². The van der Waals surface area contributed by atoms with Gasteiger partial charge in [-0.1, -0.05) is 11.8 Å². The van der Waals surface area contributed by atoms with E-state index in [2.05, 4.69) is 38.1 Å². The van der Waals surface area contributed by atoms with Crippen LogP contribution >= 0.6 is 15.9 Å². The molecule has 0 fully saturated rings. The molecule has 0 spiro atoms. The van der Waals surface area contributed by atoms with Gasteiger partial charge in [0, 0.05) is 30.6 Å². The number of aromatic amines is 1. The van der Waals surface area contributed by atoms with Crippen molar-refractivity contribution in [2.75, 3.05) is 6.54 Å². The van der Waals surface area contributed by atoms with Gasteiger partial charge in [0.15, 0.2) is 0 Å². The lowest BCUT2D eigenvalue weighted by atomic mass is 10.2. The second-order valence-electron chi connectivity index (χ2n) is 3.10. The van der Waals surface area contributed by atoms with Crippen molar-refractivity contribution < 1.29 is 4.79 Å². The summed E-state index contributed by atoms with van der Waals surface area (Å²) in [5.41, 5.74) is 0.201. The highest BCUT2D eigenvalue weighted by Gasteiger charge is 1.95. The minimum absolute atomic E-state index is 0.0814. The molecule has 0 bridgehead atoms. The van der Waals surface area contributed by atoms with Crippen molar-refractivity contribution in [1.82, 2.24) is 10.3 Å². The van der Waals surface area contributed by atoms with E-state index >= 15 is 0 Å². The molecule has 0 aliphatic heterocycles. The van der Waals surface area contributed by atoms with Crippen LogP contribution in [0.15, 0.2) is 21.5 Å². The number of H-pyrrole nitrogens is 1. The maximum atomic E-state index is 11.3. The van der Waals surface area contributed by atoms with Crippen molar-refractivity contribution in [2.45, 2.75) is 13.3 Å². The van der Waals surface area contributed by atoms with E-state index in [4.69, 9.17) is 0 Å². The summed E-state index contributed by atoms with van der Waals surface area (Å²) in [7, 11) is 0. The summed E-state index contributed by atoms with van der Waals surface area (Å²) in [6.45, 7) is 1.95. The van der Waals surface area contributed by atoms with Gasteiger partial charge in [-0.25, -0.2) is 0 Å². The SMILES string of the molecule is CC(=O)NCCC#Cc1cc(Br)c[nH]c1=O. The van der Waals surface area contributed by atoms with Crippen molar-refractivity contribution in [2.24, 2.45) is 0 Å². The zero-order valence-electron chi connectivity index (χ0n) is 8.76. The number of pyridine rings is 1. The van der Waals surface area contributed by atoms with Crippen molar-refractivity contribution in [3.05, 3.63) is 32.7 Å². The van der Waals surface area contributed by atoms with Crippen LogP contribution in [-0.2, 0) is 4.79 Å². The molecule has 0 aliphatic rings. The molecule has 0 saturated heterocycles. The number of carbonyl (C=O) groups is 1. The van der Waals surface area contributed by atoms with E-state index in [-0.39, 0.29) is 11.5 Å². The van der Waals surface area contributed by atoms with Gasteiger partial charge in [0.25, 0.3) is 5.56 Å². The summed E-state index contributed by atoms with van der Waals surface area (Å²) in [6, 6.07) is 1.66. The van der Waals surface area contributed by atoms with E-state index in [0.717, 1.165) is 4.47 Å². The summed E-state index contributed by atoms with van der Waals surface area (Å²) >= 11 is 3.24. The van der Waals surface area contributed by atoms with Crippen molar-refractivity contribution in [3.8, 4) is 11.8 Å². The molecule has 1 aromatic heterocycles.